The van der Waals surface area contributed by atoms with Gasteiger partial charge >= 0.3 is 0 Å². The van der Waals surface area contributed by atoms with Gasteiger partial charge in [-0.3, -0.25) is 4.98 Å². The summed E-state index contributed by atoms with van der Waals surface area (Å²) in [6.45, 7) is 0. The summed E-state index contributed by atoms with van der Waals surface area (Å²) >= 11 is 1.58. The van der Waals surface area contributed by atoms with Crippen molar-refractivity contribution in [3.8, 4) is 17.2 Å². The first-order chi connectivity index (χ1) is 14.7. The predicted molar refractivity (Wildman–Crippen MR) is 120 cm³/mol. The minimum atomic E-state index is -0.303. The topological polar surface area (TPSA) is 76.5 Å². The van der Waals surface area contributed by atoms with Gasteiger partial charge < -0.3 is 19.9 Å². The number of rotatable bonds is 5. The van der Waals surface area contributed by atoms with E-state index in [1.807, 2.05) is 42.5 Å². The molecule has 1 fully saturated rings. The van der Waals surface area contributed by atoms with Gasteiger partial charge in [-0.25, -0.2) is 4.98 Å². The molecule has 2 aromatic carbocycles. The average Bonchev–Trinajstić information content (AvgIpc) is 3.17. The molecule has 2 N–H and O–H groups in total. The van der Waals surface area contributed by atoms with Gasteiger partial charge in [0.15, 0.2) is 5.13 Å². The number of hydrogen-bond donors (Lipinski definition) is 2. The van der Waals surface area contributed by atoms with Gasteiger partial charge in [0, 0.05) is 23.7 Å². The number of hydrogen-bond acceptors (Lipinski definition) is 7. The number of thiazole rings is 1. The van der Waals surface area contributed by atoms with Crippen LogP contribution in [-0.2, 0) is 0 Å². The van der Waals surface area contributed by atoms with Crippen LogP contribution in [0.15, 0.2) is 48.7 Å². The predicted octanol–water partition coefficient (Wildman–Crippen LogP) is 5.36. The van der Waals surface area contributed by atoms with Gasteiger partial charge in [0.25, 0.3) is 0 Å². The minimum absolute atomic E-state index is 0.0789. The third kappa shape index (κ3) is 3.78. The Balaban J connectivity index is 1.40. The zero-order valence-electron chi connectivity index (χ0n) is 16.7. The Labute approximate surface area is 178 Å². The zero-order valence-corrected chi connectivity index (χ0v) is 17.5. The zero-order chi connectivity index (χ0) is 20.5. The van der Waals surface area contributed by atoms with Crippen LogP contribution in [0.2, 0.25) is 0 Å². The van der Waals surface area contributed by atoms with E-state index in [0.29, 0.717) is 0 Å². The molecule has 0 bridgehead atoms. The molecule has 154 valence electrons. The van der Waals surface area contributed by atoms with E-state index in [1.54, 1.807) is 24.6 Å². The normalized spacial score (nSPS) is 19.1. The molecule has 1 aliphatic carbocycles. The molecule has 0 aliphatic heterocycles. The van der Waals surface area contributed by atoms with Crippen LogP contribution in [0.3, 0.4) is 0 Å². The summed E-state index contributed by atoms with van der Waals surface area (Å²) in [6, 6.07) is 13.6. The van der Waals surface area contributed by atoms with Crippen molar-refractivity contribution >= 4 is 37.6 Å². The first-order valence-electron chi connectivity index (χ1n) is 10.2. The van der Waals surface area contributed by atoms with E-state index in [1.165, 1.54) is 0 Å². The Kier molecular flexibility index (Phi) is 5.14. The molecular weight excluding hydrogens is 398 g/mol. The standard InChI is InChI=1S/C23H23N3O3S/c1-28-14-6-8-16-19(12-14)24-11-10-21(16)29-15-7-9-18-22(13-15)30-23(26-18)25-17-4-2-3-5-20(17)27/h6-13,17,20,27H,2-5H2,1H3,(H,25,26)/t17-,20-/m1/s1. The summed E-state index contributed by atoms with van der Waals surface area (Å²) < 4.78 is 12.5. The van der Waals surface area contributed by atoms with Crippen molar-refractivity contribution in [1.29, 1.82) is 0 Å². The van der Waals surface area contributed by atoms with E-state index in [-0.39, 0.29) is 12.1 Å². The minimum Gasteiger partial charge on any atom is -0.497 e. The first kappa shape index (κ1) is 19.1. The Bertz CT molecular complexity index is 1190. The number of benzene rings is 2. The highest BCUT2D eigenvalue weighted by Crippen LogP contribution is 2.35. The fraction of sp³-hybridized carbons (Fsp3) is 0.304. The number of aliphatic hydroxyl groups is 1. The summed E-state index contributed by atoms with van der Waals surface area (Å²) in [5.74, 6) is 2.26. The molecule has 0 saturated heterocycles. The molecule has 5 rings (SSSR count). The van der Waals surface area contributed by atoms with Crippen molar-refractivity contribution in [2.75, 3.05) is 12.4 Å². The van der Waals surface area contributed by atoms with E-state index in [2.05, 4.69) is 15.3 Å². The smallest absolute Gasteiger partial charge is 0.184 e. The van der Waals surface area contributed by atoms with Gasteiger partial charge in [-0.05, 0) is 43.2 Å². The van der Waals surface area contributed by atoms with Gasteiger partial charge in [0.1, 0.15) is 17.2 Å². The SMILES string of the molecule is COc1ccc2c(Oc3ccc4nc(N[C@@H]5CCCC[C@H]5O)sc4c3)ccnc2c1. The number of fused-ring (bicyclic) bond motifs is 2. The highest BCUT2D eigenvalue weighted by Gasteiger charge is 2.23. The Hall–Kier alpha value is -2.90. The molecule has 0 amide bonds. The fourth-order valence-corrected chi connectivity index (χ4v) is 4.87. The van der Waals surface area contributed by atoms with E-state index in [9.17, 15) is 5.11 Å². The number of nitrogens with one attached hydrogen (secondary N) is 1. The molecule has 1 aliphatic rings. The second-order valence-electron chi connectivity index (χ2n) is 7.55. The van der Waals surface area contributed by atoms with E-state index in [4.69, 9.17) is 9.47 Å². The van der Waals surface area contributed by atoms with E-state index in [0.717, 1.165) is 69.2 Å². The van der Waals surface area contributed by atoms with Crippen LogP contribution in [0.25, 0.3) is 21.1 Å². The fourth-order valence-electron chi connectivity index (χ4n) is 3.91. The number of aromatic nitrogens is 2. The summed E-state index contributed by atoms with van der Waals surface area (Å²) in [4.78, 5) is 9.09. The van der Waals surface area contributed by atoms with E-state index < -0.39 is 0 Å². The van der Waals surface area contributed by atoms with Crippen molar-refractivity contribution < 1.29 is 14.6 Å². The third-order valence-corrected chi connectivity index (χ3v) is 6.49. The first-order valence-corrected chi connectivity index (χ1v) is 11.0. The lowest BCUT2D eigenvalue weighted by atomic mass is 9.93. The maximum absolute atomic E-state index is 10.2. The largest absolute Gasteiger partial charge is 0.497 e. The Morgan fingerprint density at radius 2 is 1.90 bits per heavy atom. The second-order valence-corrected chi connectivity index (χ2v) is 8.58. The number of ether oxygens (including phenoxy) is 2. The summed E-state index contributed by atoms with van der Waals surface area (Å²) in [5.41, 5.74) is 1.74. The average molecular weight is 422 g/mol. The second kappa shape index (κ2) is 8.08. The Morgan fingerprint density at radius 3 is 2.77 bits per heavy atom. The van der Waals surface area contributed by atoms with Crippen LogP contribution in [0.4, 0.5) is 5.13 Å². The number of pyridine rings is 1. The Morgan fingerprint density at radius 1 is 1.03 bits per heavy atom. The molecule has 2 atom stereocenters. The highest BCUT2D eigenvalue weighted by atomic mass is 32.1. The molecule has 2 aromatic heterocycles. The maximum atomic E-state index is 10.2. The molecule has 4 aromatic rings. The van der Waals surface area contributed by atoms with Crippen LogP contribution in [0.5, 0.6) is 17.2 Å². The van der Waals surface area contributed by atoms with Crippen molar-refractivity contribution in [3.05, 3.63) is 48.7 Å². The molecule has 6 nitrogen and oxygen atoms in total. The van der Waals surface area contributed by atoms with Gasteiger partial charge in [-0.2, -0.15) is 0 Å². The molecule has 2 heterocycles. The number of anilines is 1. The molecule has 30 heavy (non-hydrogen) atoms. The van der Waals surface area contributed by atoms with Crippen molar-refractivity contribution in [2.24, 2.45) is 0 Å². The summed E-state index contributed by atoms with van der Waals surface area (Å²) in [5, 5.41) is 15.4. The highest BCUT2D eigenvalue weighted by molar-refractivity contribution is 7.22. The third-order valence-electron chi connectivity index (χ3n) is 5.54. The van der Waals surface area contributed by atoms with Gasteiger partial charge in [-0.1, -0.05) is 24.2 Å². The number of methoxy groups -OCH3 is 1. The van der Waals surface area contributed by atoms with Crippen LogP contribution in [0.1, 0.15) is 25.7 Å². The summed E-state index contributed by atoms with van der Waals surface area (Å²) in [7, 11) is 1.64. The van der Waals surface area contributed by atoms with Gasteiger partial charge in [0.05, 0.1) is 35.0 Å². The lowest BCUT2D eigenvalue weighted by Gasteiger charge is -2.27. The van der Waals surface area contributed by atoms with Gasteiger partial charge in [-0.15, -0.1) is 0 Å². The van der Waals surface area contributed by atoms with Crippen LogP contribution >= 0.6 is 11.3 Å². The van der Waals surface area contributed by atoms with Crippen molar-refractivity contribution in [3.63, 3.8) is 0 Å². The monoisotopic (exact) mass is 421 g/mol. The van der Waals surface area contributed by atoms with Gasteiger partial charge in [0.2, 0.25) is 0 Å². The van der Waals surface area contributed by atoms with Crippen molar-refractivity contribution in [2.45, 2.75) is 37.8 Å². The molecular formula is C23H23N3O3S. The maximum Gasteiger partial charge on any atom is 0.184 e. The van der Waals surface area contributed by atoms with E-state index >= 15 is 0 Å². The molecule has 1 saturated carbocycles. The molecule has 7 heteroatoms. The molecule has 0 spiro atoms. The lowest BCUT2D eigenvalue weighted by Crippen LogP contribution is -2.36. The van der Waals surface area contributed by atoms with Crippen LogP contribution in [-0.4, -0.2) is 34.3 Å². The number of aliphatic hydroxyl groups excluding tert-OH is 1. The van der Waals surface area contributed by atoms with Crippen molar-refractivity contribution in [1.82, 2.24) is 9.97 Å². The molecule has 0 radical (unpaired) electrons. The summed E-state index contributed by atoms with van der Waals surface area (Å²) in [6.07, 6.45) is 5.50. The number of nitrogens with zero attached hydrogens (tertiary/aromatic N) is 2. The lowest BCUT2D eigenvalue weighted by molar-refractivity contribution is 0.116. The van der Waals surface area contributed by atoms with Crippen LogP contribution in [0, 0.1) is 0 Å². The molecule has 0 unspecified atom stereocenters. The van der Waals surface area contributed by atoms with Crippen LogP contribution < -0.4 is 14.8 Å². The quantitative estimate of drug-likeness (QED) is 0.452.